The van der Waals surface area contributed by atoms with E-state index in [-0.39, 0.29) is 0 Å². The van der Waals surface area contributed by atoms with E-state index in [9.17, 15) is 0 Å². The summed E-state index contributed by atoms with van der Waals surface area (Å²) in [6.07, 6.45) is 5.77. The monoisotopic (exact) mass is 297 g/mol. The molecule has 4 heteroatoms. The molecule has 4 rings (SSSR count). The van der Waals surface area contributed by atoms with E-state index in [0.717, 1.165) is 23.7 Å². The van der Waals surface area contributed by atoms with Crippen LogP contribution in [0.1, 0.15) is 25.0 Å². The predicted molar refractivity (Wildman–Crippen MR) is 91.0 cm³/mol. The van der Waals surface area contributed by atoms with E-state index < -0.39 is 0 Å². The molecule has 0 radical (unpaired) electrons. The molecule has 21 heavy (non-hydrogen) atoms. The van der Waals surface area contributed by atoms with E-state index in [1.807, 2.05) is 6.20 Å². The zero-order valence-corrected chi connectivity index (χ0v) is 13.1. The summed E-state index contributed by atoms with van der Waals surface area (Å²) in [6.45, 7) is 4.33. The first-order chi connectivity index (χ1) is 10.3. The lowest BCUT2D eigenvalue weighted by molar-refractivity contribution is 0.494. The van der Waals surface area contributed by atoms with E-state index >= 15 is 0 Å². The van der Waals surface area contributed by atoms with Gasteiger partial charge in [-0.2, -0.15) is 0 Å². The lowest BCUT2D eigenvalue weighted by Crippen LogP contribution is -2.39. The maximum atomic E-state index is 4.53. The van der Waals surface area contributed by atoms with Gasteiger partial charge in [0.05, 0.1) is 16.7 Å². The minimum atomic E-state index is 1.01. The maximum absolute atomic E-state index is 4.53. The molecule has 0 atom stereocenters. The average Bonchev–Trinajstić information content (AvgIpc) is 2.83. The molecule has 3 nitrogen and oxygen atoms in total. The Balaban J connectivity index is 2.10. The van der Waals surface area contributed by atoms with Gasteiger partial charge in [-0.05, 0) is 44.4 Å². The fourth-order valence-corrected chi connectivity index (χ4v) is 3.65. The predicted octanol–water partition coefficient (Wildman–Crippen LogP) is 3.91. The Morgan fingerprint density at radius 3 is 2.67 bits per heavy atom. The molecule has 1 saturated heterocycles. The zero-order chi connectivity index (χ0) is 14.4. The molecule has 0 saturated carbocycles. The lowest BCUT2D eigenvalue weighted by atomic mass is 10.2. The third kappa shape index (κ3) is 2.01. The summed E-state index contributed by atoms with van der Waals surface area (Å²) in [5.41, 5.74) is 3.58. The smallest absolute Gasteiger partial charge is 0.0920 e. The first kappa shape index (κ1) is 13.0. The number of benzene rings is 1. The number of aromatic nitrogens is 2. The Morgan fingerprint density at radius 1 is 1.05 bits per heavy atom. The van der Waals surface area contributed by atoms with Crippen LogP contribution in [0, 0.1) is 6.92 Å². The highest BCUT2D eigenvalue weighted by Gasteiger charge is 2.19. The van der Waals surface area contributed by atoms with Crippen LogP contribution >= 0.6 is 12.6 Å². The van der Waals surface area contributed by atoms with Gasteiger partial charge in [-0.25, -0.2) is 0 Å². The molecule has 3 aromatic rings. The first-order valence-electron chi connectivity index (χ1n) is 7.60. The van der Waals surface area contributed by atoms with Crippen molar-refractivity contribution in [2.24, 2.45) is 0 Å². The van der Waals surface area contributed by atoms with Gasteiger partial charge in [-0.3, -0.25) is 9.66 Å². The second-order valence-electron chi connectivity index (χ2n) is 5.82. The number of hydrogen-bond acceptors (Lipinski definition) is 3. The van der Waals surface area contributed by atoms with Gasteiger partial charge in [0.1, 0.15) is 0 Å². The Kier molecular flexibility index (Phi) is 3.07. The summed E-state index contributed by atoms with van der Waals surface area (Å²) < 4.78 is 2.38. The molecule has 1 aliphatic heterocycles. The highest BCUT2D eigenvalue weighted by molar-refractivity contribution is 7.80. The molecule has 3 heterocycles. The Bertz CT molecular complexity index is 816. The fourth-order valence-electron chi connectivity index (χ4n) is 3.46. The van der Waals surface area contributed by atoms with Gasteiger partial charge >= 0.3 is 0 Å². The number of aryl methyl sites for hydroxylation is 1. The van der Waals surface area contributed by atoms with Crippen molar-refractivity contribution >= 4 is 34.4 Å². The number of fused-ring (bicyclic) bond motifs is 3. The topological polar surface area (TPSA) is 21.1 Å². The van der Waals surface area contributed by atoms with Crippen molar-refractivity contribution in [1.29, 1.82) is 0 Å². The van der Waals surface area contributed by atoms with E-state index in [2.05, 4.69) is 58.5 Å². The second kappa shape index (κ2) is 4.95. The summed E-state index contributed by atoms with van der Waals surface area (Å²) in [4.78, 5) is 5.52. The minimum absolute atomic E-state index is 1.01. The molecule has 2 aromatic heterocycles. The second-order valence-corrected chi connectivity index (χ2v) is 6.34. The Hall–Kier alpha value is -1.68. The van der Waals surface area contributed by atoms with Gasteiger partial charge < -0.3 is 5.01 Å². The molecule has 0 bridgehead atoms. The van der Waals surface area contributed by atoms with Gasteiger partial charge in [-0.1, -0.05) is 6.07 Å². The molecular formula is C17H19N3S. The quantitative estimate of drug-likeness (QED) is 0.688. The number of thiol groups is 1. The average molecular weight is 297 g/mol. The number of nitrogens with zero attached hydrogens (tertiary/aromatic N) is 3. The molecule has 0 unspecified atom stereocenters. The van der Waals surface area contributed by atoms with Crippen LogP contribution in [0.25, 0.3) is 21.8 Å². The van der Waals surface area contributed by atoms with E-state index in [0.29, 0.717) is 0 Å². The molecule has 0 amide bonds. The summed E-state index contributed by atoms with van der Waals surface area (Å²) in [6, 6.07) is 8.55. The van der Waals surface area contributed by atoms with Crippen molar-refractivity contribution in [1.82, 2.24) is 9.66 Å². The van der Waals surface area contributed by atoms with Crippen molar-refractivity contribution in [2.75, 3.05) is 18.1 Å². The van der Waals surface area contributed by atoms with E-state index in [1.165, 1.54) is 41.1 Å². The van der Waals surface area contributed by atoms with Gasteiger partial charge in [0, 0.05) is 35.0 Å². The number of pyridine rings is 1. The molecule has 108 valence electrons. The molecule has 1 fully saturated rings. The van der Waals surface area contributed by atoms with Crippen molar-refractivity contribution < 1.29 is 0 Å². The van der Waals surface area contributed by atoms with E-state index in [4.69, 9.17) is 0 Å². The van der Waals surface area contributed by atoms with Crippen LogP contribution < -0.4 is 5.01 Å². The van der Waals surface area contributed by atoms with Crippen molar-refractivity contribution in [3.63, 3.8) is 0 Å². The van der Waals surface area contributed by atoms with Crippen LogP contribution in [-0.4, -0.2) is 22.7 Å². The molecule has 0 spiro atoms. The zero-order valence-electron chi connectivity index (χ0n) is 12.2. The first-order valence-corrected chi connectivity index (χ1v) is 8.04. The van der Waals surface area contributed by atoms with Gasteiger partial charge in [0.15, 0.2) is 0 Å². The summed E-state index contributed by atoms with van der Waals surface area (Å²) in [5, 5.41) is 5.05. The number of rotatable bonds is 1. The third-order valence-electron chi connectivity index (χ3n) is 4.43. The SMILES string of the molecule is Cc1nccc2c3ccc(S)cc3n(N3CCCCC3)c12. The van der Waals surface area contributed by atoms with Gasteiger partial charge in [0.25, 0.3) is 0 Å². The largest absolute Gasteiger partial charge is 0.312 e. The summed E-state index contributed by atoms with van der Waals surface area (Å²) >= 11 is 4.53. The highest BCUT2D eigenvalue weighted by Crippen LogP contribution is 2.32. The van der Waals surface area contributed by atoms with Crippen molar-refractivity contribution in [3.05, 3.63) is 36.2 Å². The van der Waals surface area contributed by atoms with Crippen LogP contribution in [0.4, 0.5) is 0 Å². The molecule has 1 aliphatic rings. The maximum Gasteiger partial charge on any atom is 0.0920 e. The number of hydrogen-bond donors (Lipinski definition) is 1. The van der Waals surface area contributed by atoms with Crippen molar-refractivity contribution in [2.45, 2.75) is 31.1 Å². The van der Waals surface area contributed by atoms with Crippen molar-refractivity contribution in [3.8, 4) is 0 Å². The fraction of sp³-hybridized carbons (Fsp3) is 0.353. The van der Waals surface area contributed by atoms with Crippen LogP contribution in [0.2, 0.25) is 0 Å². The van der Waals surface area contributed by atoms with Crippen LogP contribution in [-0.2, 0) is 0 Å². The Labute approximate surface area is 130 Å². The molecular weight excluding hydrogens is 278 g/mol. The normalized spacial score (nSPS) is 16.0. The summed E-state index contributed by atoms with van der Waals surface area (Å²) in [7, 11) is 0. The third-order valence-corrected chi connectivity index (χ3v) is 4.71. The minimum Gasteiger partial charge on any atom is -0.312 e. The van der Waals surface area contributed by atoms with Crippen LogP contribution in [0.15, 0.2) is 35.4 Å². The number of piperidine rings is 1. The standard InChI is InChI=1S/C17H19N3S/c1-12-17-15(7-8-18-12)14-6-5-13(21)11-16(14)20(17)19-9-3-2-4-10-19/h5-8,11,21H,2-4,9-10H2,1H3. The van der Waals surface area contributed by atoms with E-state index in [1.54, 1.807) is 0 Å². The lowest BCUT2D eigenvalue weighted by Gasteiger charge is -2.31. The molecule has 0 aliphatic carbocycles. The van der Waals surface area contributed by atoms with Gasteiger partial charge in [-0.15, -0.1) is 12.6 Å². The molecule has 1 aromatic carbocycles. The van der Waals surface area contributed by atoms with Crippen LogP contribution in [0.5, 0.6) is 0 Å². The highest BCUT2D eigenvalue weighted by atomic mass is 32.1. The van der Waals surface area contributed by atoms with Gasteiger partial charge in [0.2, 0.25) is 0 Å². The summed E-state index contributed by atoms with van der Waals surface area (Å²) in [5.74, 6) is 0. The molecule has 0 N–H and O–H groups in total. The van der Waals surface area contributed by atoms with Crippen LogP contribution in [0.3, 0.4) is 0 Å². The Morgan fingerprint density at radius 2 is 1.86 bits per heavy atom.